The van der Waals surface area contributed by atoms with Crippen molar-refractivity contribution in [3.8, 4) is 16.6 Å². The van der Waals surface area contributed by atoms with Crippen LogP contribution in [0.5, 0.6) is 0 Å². The average molecular weight is 374 g/mol. The topological polar surface area (TPSA) is 65.8 Å². The van der Waals surface area contributed by atoms with E-state index >= 15 is 0 Å². The number of rotatable bonds is 4. The summed E-state index contributed by atoms with van der Waals surface area (Å²) in [5, 5.41) is 14.7. The molecule has 1 aliphatic carbocycles. The second kappa shape index (κ2) is 6.42. The van der Waals surface area contributed by atoms with E-state index in [-0.39, 0.29) is 17.5 Å². The van der Waals surface area contributed by atoms with Crippen molar-refractivity contribution in [3.05, 3.63) is 45.4 Å². The fraction of sp³-hybridized carbons (Fsp3) is 0.188. The van der Waals surface area contributed by atoms with Gasteiger partial charge in [0, 0.05) is 21.5 Å². The summed E-state index contributed by atoms with van der Waals surface area (Å²) in [6.45, 7) is 0. The minimum atomic E-state index is -0.318. The van der Waals surface area contributed by atoms with Crippen LogP contribution in [-0.2, 0) is 4.79 Å². The molecule has 6 heteroatoms. The van der Waals surface area contributed by atoms with Crippen molar-refractivity contribution in [1.29, 1.82) is 5.26 Å². The Morgan fingerprint density at radius 1 is 1.50 bits per heavy atom. The number of hydrogen-bond acceptors (Lipinski definition) is 4. The van der Waals surface area contributed by atoms with Crippen LogP contribution in [-0.4, -0.2) is 16.9 Å². The molecule has 110 valence electrons. The Morgan fingerprint density at radius 3 is 3.00 bits per heavy atom. The number of nitrogens with zero attached hydrogens (tertiary/aromatic N) is 2. The van der Waals surface area contributed by atoms with Crippen LogP contribution < -0.4 is 5.32 Å². The molecular formula is C16H12BrN3OS. The lowest BCUT2D eigenvalue weighted by molar-refractivity contribution is -0.117. The Morgan fingerprint density at radius 2 is 2.32 bits per heavy atom. The molecule has 0 unspecified atom stereocenters. The number of nitriles is 1. The molecule has 0 atom stereocenters. The second-order valence-corrected chi connectivity index (χ2v) is 6.78. The predicted molar refractivity (Wildman–Crippen MR) is 90.0 cm³/mol. The van der Waals surface area contributed by atoms with Crippen LogP contribution in [0.2, 0.25) is 0 Å². The summed E-state index contributed by atoms with van der Waals surface area (Å²) in [5.74, 6) is -0.318. The van der Waals surface area contributed by atoms with Crippen LogP contribution in [0.1, 0.15) is 18.5 Å². The maximum absolute atomic E-state index is 11.9. The van der Waals surface area contributed by atoms with Gasteiger partial charge in [-0.05, 0) is 31.1 Å². The molecule has 1 aromatic heterocycles. The highest BCUT2D eigenvalue weighted by molar-refractivity contribution is 9.10. The van der Waals surface area contributed by atoms with Gasteiger partial charge in [0.2, 0.25) is 0 Å². The average Bonchev–Trinajstić information content (AvgIpc) is 3.19. The van der Waals surface area contributed by atoms with Crippen molar-refractivity contribution in [2.75, 3.05) is 0 Å². The van der Waals surface area contributed by atoms with E-state index in [1.54, 1.807) is 0 Å². The van der Waals surface area contributed by atoms with Gasteiger partial charge in [0.25, 0.3) is 5.91 Å². The summed E-state index contributed by atoms with van der Waals surface area (Å²) in [4.78, 5) is 16.4. The zero-order valence-corrected chi connectivity index (χ0v) is 13.9. The number of carbonyl (C=O) groups is 1. The van der Waals surface area contributed by atoms with E-state index in [0.29, 0.717) is 5.69 Å². The summed E-state index contributed by atoms with van der Waals surface area (Å²) in [6.07, 6.45) is 3.53. The number of hydrogen-bond donors (Lipinski definition) is 1. The van der Waals surface area contributed by atoms with Crippen molar-refractivity contribution >= 4 is 39.2 Å². The van der Waals surface area contributed by atoms with Gasteiger partial charge in [-0.3, -0.25) is 4.79 Å². The molecular weight excluding hydrogens is 362 g/mol. The van der Waals surface area contributed by atoms with Gasteiger partial charge < -0.3 is 5.32 Å². The first-order valence-electron chi connectivity index (χ1n) is 6.80. The van der Waals surface area contributed by atoms with Gasteiger partial charge >= 0.3 is 0 Å². The molecule has 22 heavy (non-hydrogen) atoms. The van der Waals surface area contributed by atoms with Gasteiger partial charge in [0.1, 0.15) is 16.6 Å². The van der Waals surface area contributed by atoms with Crippen molar-refractivity contribution in [3.63, 3.8) is 0 Å². The van der Waals surface area contributed by atoms with E-state index in [2.05, 4.69) is 26.2 Å². The van der Waals surface area contributed by atoms with Crippen LogP contribution in [0.3, 0.4) is 0 Å². The summed E-state index contributed by atoms with van der Waals surface area (Å²) >= 11 is 4.92. The molecule has 1 aromatic carbocycles. The monoisotopic (exact) mass is 373 g/mol. The highest BCUT2D eigenvalue weighted by Crippen LogP contribution is 2.27. The maximum atomic E-state index is 11.9. The van der Waals surface area contributed by atoms with Crippen LogP contribution in [0.4, 0.5) is 0 Å². The Bertz CT molecular complexity index is 787. The van der Waals surface area contributed by atoms with Gasteiger partial charge in [0.15, 0.2) is 0 Å². The minimum absolute atomic E-state index is 0.0954. The van der Waals surface area contributed by atoms with Gasteiger partial charge in [0.05, 0.1) is 5.69 Å². The molecule has 1 amide bonds. The molecule has 0 bridgehead atoms. The number of thiazole rings is 1. The third kappa shape index (κ3) is 3.62. The van der Waals surface area contributed by atoms with Crippen molar-refractivity contribution in [2.45, 2.75) is 18.9 Å². The molecule has 1 aliphatic rings. The number of aromatic nitrogens is 1. The summed E-state index contributed by atoms with van der Waals surface area (Å²) in [7, 11) is 0. The SMILES string of the molecule is N#C/C(=C\c1csc(-c2cccc(Br)c2)n1)C(=O)NC1CC1. The molecule has 1 heterocycles. The highest BCUT2D eigenvalue weighted by Gasteiger charge is 2.24. The van der Waals surface area contributed by atoms with E-state index in [4.69, 9.17) is 5.26 Å². The van der Waals surface area contributed by atoms with Crippen LogP contribution >= 0.6 is 27.3 Å². The standard InChI is InChI=1S/C16H12BrN3OS/c17-12-3-1-2-10(6-12)16-20-14(9-22-16)7-11(8-18)15(21)19-13-4-5-13/h1-3,6-7,9,13H,4-5H2,(H,19,21)/b11-7+. The van der Waals surface area contributed by atoms with E-state index in [1.165, 1.54) is 17.4 Å². The molecule has 0 saturated heterocycles. The van der Waals surface area contributed by atoms with E-state index < -0.39 is 0 Å². The number of amides is 1. The normalized spacial score (nSPS) is 14.5. The molecule has 0 aliphatic heterocycles. The molecule has 0 radical (unpaired) electrons. The van der Waals surface area contributed by atoms with Crippen molar-refractivity contribution in [2.24, 2.45) is 0 Å². The largest absolute Gasteiger partial charge is 0.349 e. The summed E-state index contributed by atoms with van der Waals surface area (Å²) in [5.41, 5.74) is 1.72. The zero-order valence-electron chi connectivity index (χ0n) is 11.5. The smallest absolute Gasteiger partial charge is 0.262 e. The lowest BCUT2D eigenvalue weighted by Gasteiger charge is -2.00. The van der Waals surface area contributed by atoms with Crippen LogP contribution in [0, 0.1) is 11.3 Å². The molecule has 4 nitrogen and oxygen atoms in total. The first-order chi connectivity index (χ1) is 10.7. The minimum Gasteiger partial charge on any atom is -0.349 e. The summed E-state index contributed by atoms with van der Waals surface area (Å²) < 4.78 is 0.985. The zero-order chi connectivity index (χ0) is 15.5. The second-order valence-electron chi connectivity index (χ2n) is 5.01. The number of carbonyl (C=O) groups excluding carboxylic acids is 1. The lowest BCUT2D eigenvalue weighted by atomic mass is 10.2. The molecule has 1 saturated carbocycles. The number of halogens is 1. The fourth-order valence-corrected chi connectivity index (χ4v) is 3.07. The van der Waals surface area contributed by atoms with Crippen molar-refractivity contribution in [1.82, 2.24) is 10.3 Å². The molecule has 1 fully saturated rings. The predicted octanol–water partition coefficient (Wildman–Crippen LogP) is 3.76. The maximum Gasteiger partial charge on any atom is 0.262 e. The van der Waals surface area contributed by atoms with Gasteiger partial charge in [-0.25, -0.2) is 4.98 Å². The molecule has 1 N–H and O–H groups in total. The first-order valence-corrected chi connectivity index (χ1v) is 8.47. The van der Waals surface area contributed by atoms with Crippen molar-refractivity contribution < 1.29 is 4.79 Å². The summed E-state index contributed by atoms with van der Waals surface area (Å²) in [6, 6.07) is 10.0. The van der Waals surface area contributed by atoms with Crippen LogP contribution in [0.25, 0.3) is 16.6 Å². The fourth-order valence-electron chi connectivity index (χ4n) is 1.89. The molecule has 2 aromatic rings. The van der Waals surface area contributed by atoms with Gasteiger partial charge in [-0.15, -0.1) is 11.3 Å². The molecule has 3 rings (SSSR count). The quantitative estimate of drug-likeness (QED) is 0.655. The Hall–Kier alpha value is -1.97. The third-order valence-corrected chi connectivity index (χ3v) is 4.57. The molecule has 0 spiro atoms. The van der Waals surface area contributed by atoms with E-state index in [9.17, 15) is 4.79 Å². The van der Waals surface area contributed by atoms with Gasteiger partial charge in [-0.1, -0.05) is 28.1 Å². The Balaban J connectivity index is 1.81. The van der Waals surface area contributed by atoms with E-state index in [1.807, 2.05) is 35.7 Å². The first kappa shape index (κ1) is 14.9. The lowest BCUT2D eigenvalue weighted by Crippen LogP contribution is -2.26. The number of benzene rings is 1. The van der Waals surface area contributed by atoms with Crippen LogP contribution in [0.15, 0.2) is 39.7 Å². The highest BCUT2D eigenvalue weighted by atomic mass is 79.9. The van der Waals surface area contributed by atoms with Gasteiger partial charge in [-0.2, -0.15) is 5.26 Å². The van der Waals surface area contributed by atoms with E-state index in [0.717, 1.165) is 27.9 Å². The Labute approximate surface area is 140 Å². The third-order valence-electron chi connectivity index (χ3n) is 3.16. The number of nitrogens with one attached hydrogen (secondary N) is 1. The Kier molecular flexibility index (Phi) is 4.36.